The molecule has 0 saturated carbocycles. The second kappa shape index (κ2) is 9.68. The molecule has 1 aliphatic rings. The number of aryl methyl sites for hydroxylation is 2. The molecule has 1 aliphatic heterocycles. The molecular weight excluding hydrogens is 356 g/mol. The summed E-state index contributed by atoms with van der Waals surface area (Å²) in [5, 5.41) is 2.94. The van der Waals surface area contributed by atoms with Crippen LogP contribution in [0.25, 0.3) is 11.0 Å². The number of para-hydroxylation sites is 2. The Balaban J connectivity index is 1.52. The molecule has 7 heteroatoms. The van der Waals surface area contributed by atoms with Crippen LogP contribution in [0.15, 0.2) is 33.9 Å². The van der Waals surface area contributed by atoms with Gasteiger partial charge in [0.15, 0.2) is 0 Å². The van der Waals surface area contributed by atoms with Crippen LogP contribution in [0.2, 0.25) is 0 Å². The van der Waals surface area contributed by atoms with Gasteiger partial charge in [0.2, 0.25) is 5.91 Å². The molecule has 152 valence electrons. The minimum absolute atomic E-state index is 0.0903. The van der Waals surface area contributed by atoms with Crippen LogP contribution < -0.4 is 16.4 Å². The molecule has 0 radical (unpaired) electrons. The molecule has 7 nitrogen and oxygen atoms in total. The molecule has 0 unspecified atom stereocenters. The Morgan fingerprint density at radius 3 is 2.36 bits per heavy atom. The third kappa shape index (κ3) is 4.90. The smallest absolute Gasteiger partial charge is 0.316 e. The van der Waals surface area contributed by atoms with E-state index in [4.69, 9.17) is 0 Å². The van der Waals surface area contributed by atoms with Crippen LogP contribution >= 0.6 is 0 Å². The molecule has 1 saturated heterocycles. The molecular formula is C21H30N4O3. The van der Waals surface area contributed by atoms with E-state index in [9.17, 15) is 14.4 Å². The van der Waals surface area contributed by atoms with Crippen LogP contribution in [0.1, 0.15) is 38.5 Å². The van der Waals surface area contributed by atoms with E-state index in [0.29, 0.717) is 17.6 Å². The highest BCUT2D eigenvalue weighted by molar-refractivity contribution is 5.77. The van der Waals surface area contributed by atoms with E-state index in [-0.39, 0.29) is 18.9 Å². The van der Waals surface area contributed by atoms with E-state index >= 15 is 0 Å². The number of hydrogen-bond acceptors (Lipinski definition) is 4. The van der Waals surface area contributed by atoms with Gasteiger partial charge in [-0.3, -0.25) is 14.4 Å². The predicted molar refractivity (Wildman–Crippen MR) is 111 cm³/mol. The number of nitrogens with one attached hydrogen (secondary N) is 1. The number of benzene rings is 1. The largest absolute Gasteiger partial charge is 0.356 e. The van der Waals surface area contributed by atoms with Gasteiger partial charge >= 0.3 is 11.1 Å². The maximum absolute atomic E-state index is 12.4. The van der Waals surface area contributed by atoms with Crippen molar-refractivity contribution in [3.63, 3.8) is 0 Å². The summed E-state index contributed by atoms with van der Waals surface area (Å²) >= 11 is 0. The third-order valence-corrected chi connectivity index (χ3v) is 5.50. The number of fused-ring (bicyclic) bond motifs is 1. The Hall–Kier alpha value is -2.41. The normalized spacial score (nSPS) is 15.5. The first-order chi connectivity index (χ1) is 13.6. The maximum Gasteiger partial charge on any atom is 0.316 e. The molecule has 0 aliphatic carbocycles. The van der Waals surface area contributed by atoms with Crippen LogP contribution in [0, 0.1) is 0 Å². The standard InChI is InChI=1S/C21H30N4O3/c1-23-17-9-4-5-10-18(17)25(21(28)20(23)27)16-11-19(26)22-12-8-15-24-13-6-2-3-7-14-24/h4-5,9-10H,2-3,6-8,11-16H2,1H3,(H,22,26). The van der Waals surface area contributed by atoms with Gasteiger partial charge in [-0.05, 0) is 51.0 Å². The van der Waals surface area contributed by atoms with Gasteiger partial charge in [-0.25, -0.2) is 0 Å². The van der Waals surface area contributed by atoms with Gasteiger partial charge in [-0.15, -0.1) is 0 Å². The molecule has 2 heterocycles. The SMILES string of the molecule is Cn1c(=O)c(=O)n(CCC(=O)NCCCN2CCCCCC2)c2ccccc21. The lowest BCUT2D eigenvalue weighted by atomic mass is 10.2. The first kappa shape index (κ1) is 20.3. The average molecular weight is 386 g/mol. The van der Waals surface area contributed by atoms with Crippen molar-refractivity contribution in [2.45, 2.75) is 45.1 Å². The Bertz CT molecular complexity index is 923. The van der Waals surface area contributed by atoms with E-state index in [2.05, 4.69) is 10.2 Å². The highest BCUT2D eigenvalue weighted by Crippen LogP contribution is 2.10. The van der Waals surface area contributed by atoms with E-state index in [1.807, 2.05) is 12.1 Å². The van der Waals surface area contributed by atoms with Crippen LogP contribution in [-0.4, -0.2) is 46.1 Å². The highest BCUT2D eigenvalue weighted by Gasteiger charge is 2.12. The van der Waals surface area contributed by atoms with Crippen LogP contribution in [0.4, 0.5) is 0 Å². The van der Waals surface area contributed by atoms with Crippen molar-refractivity contribution in [3.05, 3.63) is 45.0 Å². The lowest BCUT2D eigenvalue weighted by Crippen LogP contribution is -2.41. The maximum atomic E-state index is 12.4. The minimum atomic E-state index is -0.588. The number of carbonyl (C=O) groups is 1. The van der Waals surface area contributed by atoms with Gasteiger partial charge in [-0.1, -0.05) is 25.0 Å². The second-order valence-corrected chi connectivity index (χ2v) is 7.52. The van der Waals surface area contributed by atoms with E-state index in [1.165, 1.54) is 34.8 Å². The first-order valence-corrected chi connectivity index (χ1v) is 10.3. The molecule has 0 atom stereocenters. The van der Waals surface area contributed by atoms with Gasteiger partial charge in [0, 0.05) is 26.6 Å². The fraction of sp³-hybridized carbons (Fsp3) is 0.571. The zero-order chi connectivity index (χ0) is 19.9. The number of aromatic nitrogens is 2. The van der Waals surface area contributed by atoms with E-state index in [0.717, 1.165) is 26.1 Å². The van der Waals surface area contributed by atoms with Gasteiger partial charge < -0.3 is 19.4 Å². The van der Waals surface area contributed by atoms with Gasteiger partial charge in [0.1, 0.15) is 0 Å². The molecule has 1 fully saturated rings. The summed E-state index contributed by atoms with van der Waals surface area (Å²) in [6.07, 6.45) is 6.30. The number of rotatable bonds is 7. The Morgan fingerprint density at radius 2 is 1.64 bits per heavy atom. The lowest BCUT2D eigenvalue weighted by molar-refractivity contribution is -0.121. The molecule has 1 N–H and O–H groups in total. The Morgan fingerprint density at radius 1 is 0.964 bits per heavy atom. The van der Waals surface area contributed by atoms with E-state index in [1.54, 1.807) is 19.2 Å². The van der Waals surface area contributed by atoms with Crippen molar-refractivity contribution in [1.29, 1.82) is 0 Å². The fourth-order valence-corrected chi connectivity index (χ4v) is 3.87. The van der Waals surface area contributed by atoms with Gasteiger partial charge in [0.05, 0.1) is 11.0 Å². The Labute approximate surface area is 165 Å². The van der Waals surface area contributed by atoms with Gasteiger partial charge in [-0.2, -0.15) is 0 Å². The predicted octanol–water partition coefficient (Wildman–Crippen LogP) is 1.47. The topological polar surface area (TPSA) is 76.3 Å². The van der Waals surface area contributed by atoms with Crippen molar-refractivity contribution < 1.29 is 4.79 Å². The summed E-state index contributed by atoms with van der Waals surface area (Å²) in [5.41, 5.74) is 0.195. The highest BCUT2D eigenvalue weighted by atomic mass is 16.2. The lowest BCUT2D eigenvalue weighted by Gasteiger charge is -2.19. The monoisotopic (exact) mass is 386 g/mol. The zero-order valence-corrected chi connectivity index (χ0v) is 16.7. The quantitative estimate of drug-likeness (QED) is 0.578. The van der Waals surface area contributed by atoms with Crippen molar-refractivity contribution in [2.24, 2.45) is 7.05 Å². The van der Waals surface area contributed by atoms with Crippen molar-refractivity contribution >= 4 is 16.9 Å². The van der Waals surface area contributed by atoms with Crippen LogP contribution in [0.5, 0.6) is 0 Å². The molecule has 1 amide bonds. The molecule has 0 spiro atoms. The number of amides is 1. The summed E-state index contributed by atoms with van der Waals surface area (Å²) in [6, 6.07) is 7.25. The van der Waals surface area contributed by atoms with Crippen molar-refractivity contribution in [2.75, 3.05) is 26.2 Å². The molecule has 1 aromatic heterocycles. The van der Waals surface area contributed by atoms with Crippen molar-refractivity contribution in [3.8, 4) is 0 Å². The summed E-state index contributed by atoms with van der Waals surface area (Å²) < 4.78 is 2.77. The molecule has 2 aromatic rings. The minimum Gasteiger partial charge on any atom is -0.356 e. The summed E-state index contributed by atoms with van der Waals surface area (Å²) in [7, 11) is 1.59. The van der Waals surface area contributed by atoms with Crippen molar-refractivity contribution in [1.82, 2.24) is 19.4 Å². The fourth-order valence-electron chi connectivity index (χ4n) is 3.87. The molecule has 3 rings (SSSR count). The molecule has 28 heavy (non-hydrogen) atoms. The second-order valence-electron chi connectivity index (χ2n) is 7.52. The average Bonchev–Trinajstić information content (AvgIpc) is 2.98. The number of likely N-dealkylation sites (tertiary alicyclic amines) is 1. The van der Waals surface area contributed by atoms with Crippen LogP contribution in [-0.2, 0) is 18.4 Å². The molecule has 0 bridgehead atoms. The number of carbonyl (C=O) groups excluding carboxylic acids is 1. The van der Waals surface area contributed by atoms with Gasteiger partial charge in [0.25, 0.3) is 0 Å². The van der Waals surface area contributed by atoms with E-state index < -0.39 is 11.1 Å². The number of hydrogen-bond donors (Lipinski definition) is 1. The number of nitrogens with zero attached hydrogens (tertiary/aromatic N) is 3. The third-order valence-electron chi connectivity index (χ3n) is 5.50. The zero-order valence-electron chi connectivity index (χ0n) is 16.7. The Kier molecular flexibility index (Phi) is 7.03. The summed E-state index contributed by atoms with van der Waals surface area (Å²) in [5.74, 6) is -0.0903. The first-order valence-electron chi connectivity index (χ1n) is 10.3. The summed E-state index contributed by atoms with van der Waals surface area (Å²) in [6.45, 7) is 4.17. The molecule has 1 aromatic carbocycles. The summed E-state index contributed by atoms with van der Waals surface area (Å²) in [4.78, 5) is 39.2. The van der Waals surface area contributed by atoms with Crippen LogP contribution in [0.3, 0.4) is 0 Å².